The zero-order chi connectivity index (χ0) is 15.2. The number of hydrogen-bond donors (Lipinski definition) is 3. The van der Waals surface area contributed by atoms with Crippen molar-refractivity contribution < 1.29 is 14.7 Å². The molecule has 0 unspecified atom stereocenters. The Morgan fingerprint density at radius 3 is 2.86 bits per heavy atom. The molecule has 21 heavy (non-hydrogen) atoms. The number of hydrogen-bond acceptors (Lipinski definition) is 3. The third kappa shape index (κ3) is 4.32. The number of aromatic carboxylic acids is 1. The lowest BCUT2D eigenvalue weighted by Gasteiger charge is -2.10. The van der Waals surface area contributed by atoms with Gasteiger partial charge in [-0.05, 0) is 24.3 Å². The molecule has 1 aromatic carbocycles. The van der Waals surface area contributed by atoms with E-state index in [0.717, 1.165) is 0 Å². The molecule has 0 bridgehead atoms. The largest absolute Gasteiger partial charge is 0.478 e. The first-order valence-corrected chi connectivity index (χ1v) is 6.90. The minimum absolute atomic E-state index is 0.0282. The standard InChI is InChI=1S/C13H13BrN4O3/c14-9-2-3-10(12(19)20)11(8-9)17-13(21)15-5-7-18-6-1-4-16-18/h1-4,6,8H,5,7H2,(H,19,20)(H2,15,17,21). The molecule has 0 aliphatic carbocycles. The van der Waals surface area contributed by atoms with Gasteiger partial charge in [-0.1, -0.05) is 15.9 Å². The number of urea groups is 1. The van der Waals surface area contributed by atoms with Gasteiger partial charge in [0.15, 0.2) is 0 Å². The van der Waals surface area contributed by atoms with Crippen LogP contribution in [-0.4, -0.2) is 33.4 Å². The maximum Gasteiger partial charge on any atom is 0.337 e. The average Bonchev–Trinajstić information content (AvgIpc) is 2.91. The molecule has 2 aromatic rings. The van der Waals surface area contributed by atoms with Crippen molar-refractivity contribution in [3.05, 3.63) is 46.7 Å². The zero-order valence-corrected chi connectivity index (χ0v) is 12.5. The van der Waals surface area contributed by atoms with Crippen LogP contribution in [0.25, 0.3) is 0 Å². The summed E-state index contributed by atoms with van der Waals surface area (Å²) in [6.07, 6.45) is 3.44. The van der Waals surface area contributed by atoms with Crippen molar-refractivity contribution >= 4 is 33.6 Å². The van der Waals surface area contributed by atoms with Crippen LogP contribution in [0, 0.1) is 0 Å². The smallest absolute Gasteiger partial charge is 0.337 e. The maximum absolute atomic E-state index is 11.8. The molecule has 1 aromatic heterocycles. The fourth-order valence-corrected chi connectivity index (χ4v) is 2.05. The molecule has 1 heterocycles. The molecule has 3 N–H and O–H groups in total. The van der Waals surface area contributed by atoms with E-state index in [1.54, 1.807) is 29.2 Å². The van der Waals surface area contributed by atoms with Gasteiger partial charge in [0, 0.05) is 23.4 Å². The van der Waals surface area contributed by atoms with Gasteiger partial charge in [0.25, 0.3) is 0 Å². The number of nitrogens with one attached hydrogen (secondary N) is 2. The minimum Gasteiger partial charge on any atom is -0.478 e. The number of amides is 2. The molecule has 0 fully saturated rings. The van der Waals surface area contributed by atoms with E-state index in [2.05, 4.69) is 31.7 Å². The Labute approximate surface area is 129 Å². The van der Waals surface area contributed by atoms with Crippen molar-refractivity contribution in [1.29, 1.82) is 0 Å². The summed E-state index contributed by atoms with van der Waals surface area (Å²) in [6.45, 7) is 0.911. The van der Waals surface area contributed by atoms with Gasteiger partial charge in [-0.2, -0.15) is 5.10 Å². The van der Waals surface area contributed by atoms with Gasteiger partial charge in [-0.25, -0.2) is 9.59 Å². The van der Waals surface area contributed by atoms with Crippen LogP contribution in [0.3, 0.4) is 0 Å². The summed E-state index contributed by atoms with van der Waals surface area (Å²) in [7, 11) is 0. The number of carboxylic acids is 1. The molecular weight excluding hydrogens is 340 g/mol. The van der Waals surface area contributed by atoms with Crippen LogP contribution >= 0.6 is 15.9 Å². The van der Waals surface area contributed by atoms with Crippen molar-refractivity contribution in [2.75, 3.05) is 11.9 Å². The van der Waals surface area contributed by atoms with E-state index in [1.165, 1.54) is 12.1 Å². The molecule has 8 heteroatoms. The highest BCUT2D eigenvalue weighted by Gasteiger charge is 2.12. The molecule has 0 radical (unpaired) electrons. The number of rotatable bonds is 5. The number of carbonyl (C=O) groups is 2. The van der Waals surface area contributed by atoms with E-state index in [1.807, 2.05) is 0 Å². The second-order valence-electron chi connectivity index (χ2n) is 4.15. The summed E-state index contributed by atoms with van der Waals surface area (Å²) in [5.74, 6) is -1.10. The molecule has 2 rings (SSSR count). The van der Waals surface area contributed by atoms with Gasteiger partial charge in [0.05, 0.1) is 17.8 Å². The summed E-state index contributed by atoms with van der Waals surface area (Å²) in [6, 6.07) is 5.88. The highest BCUT2D eigenvalue weighted by Crippen LogP contribution is 2.21. The number of benzene rings is 1. The van der Waals surface area contributed by atoms with Crippen LogP contribution in [0.15, 0.2) is 41.1 Å². The van der Waals surface area contributed by atoms with Crippen LogP contribution in [-0.2, 0) is 6.54 Å². The Morgan fingerprint density at radius 1 is 1.38 bits per heavy atom. The average molecular weight is 353 g/mol. The van der Waals surface area contributed by atoms with E-state index in [-0.39, 0.29) is 11.3 Å². The number of carboxylic acid groups (broad SMARTS) is 1. The maximum atomic E-state index is 11.8. The van der Waals surface area contributed by atoms with Crippen LogP contribution < -0.4 is 10.6 Å². The summed E-state index contributed by atoms with van der Waals surface area (Å²) in [5.41, 5.74) is 0.258. The van der Waals surface area contributed by atoms with Crippen molar-refractivity contribution in [3.8, 4) is 0 Å². The van der Waals surface area contributed by atoms with Crippen molar-refractivity contribution in [1.82, 2.24) is 15.1 Å². The number of aromatic nitrogens is 2. The Balaban J connectivity index is 1.93. The molecule has 0 aliphatic rings. The lowest BCUT2D eigenvalue weighted by atomic mass is 10.2. The molecule has 0 saturated heterocycles. The summed E-state index contributed by atoms with van der Waals surface area (Å²) in [4.78, 5) is 22.9. The number of anilines is 1. The van der Waals surface area contributed by atoms with E-state index in [4.69, 9.17) is 5.11 Å². The van der Waals surface area contributed by atoms with Crippen molar-refractivity contribution in [3.63, 3.8) is 0 Å². The summed E-state index contributed by atoms with van der Waals surface area (Å²) >= 11 is 3.24. The predicted molar refractivity (Wildman–Crippen MR) is 80.3 cm³/mol. The number of nitrogens with zero attached hydrogens (tertiary/aromatic N) is 2. The molecule has 110 valence electrons. The highest BCUT2D eigenvalue weighted by atomic mass is 79.9. The zero-order valence-electron chi connectivity index (χ0n) is 10.9. The lowest BCUT2D eigenvalue weighted by Crippen LogP contribution is -2.32. The van der Waals surface area contributed by atoms with E-state index >= 15 is 0 Å². The second kappa shape index (κ2) is 6.89. The minimum atomic E-state index is -1.10. The van der Waals surface area contributed by atoms with Gasteiger partial charge >= 0.3 is 12.0 Å². The van der Waals surface area contributed by atoms with E-state index in [9.17, 15) is 9.59 Å². The SMILES string of the molecule is O=C(NCCn1cccn1)Nc1cc(Br)ccc1C(=O)O. The number of halogens is 1. The van der Waals surface area contributed by atoms with Gasteiger partial charge in [-0.3, -0.25) is 4.68 Å². The van der Waals surface area contributed by atoms with Crippen molar-refractivity contribution in [2.24, 2.45) is 0 Å². The van der Waals surface area contributed by atoms with Gasteiger partial charge in [-0.15, -0.1) is 0 Å². The molecular formula is C13H13BrN4O3. The highest BCUT2D eigenvalue weighted by molar-refractivity contribution is 9.10. The normalized spacial score (nSPS) is 10.1. The number of carbonyl (C=O) groups excluding carboxylic acids is 1. The molecule has 7 nitrogen and oxygen atoms in total. The van der Waals surface area contributed by atoms with E-state index in [0.29, 0.717) is 17.6 Å². The van der Waals surface area contributed by atoms with Crippen LogP contribution in [0.4, 0.5) is 10.5 Å². The van der Waals surface area contributed by atoms with Crippen LogP contribution in [0.5, 0.6) is 0 Å². The Bertz CT molecular complexity index is 643. The Morgan fingerprint density at radius 2 is 2.19 bits per heavy atom. The van der Waals surface area contributed by atoms with Crippen LogP contribution in [0.1, 0.15) is 10.4 Å². The first kappa shape index (κ1) is 15.0. The molecule has 0 atom stereocenters. The van der Waals surface area contributed by atoms with E-state index < -0.39 is 12.0 Å². The quantitative estimate of drug-likeness (QED) is 0.768. The molecule has 0 aliphatic heterocycles. The Hall–Kier alpha value is -2.35. The topological polar surface area (TPSA) is 96.3 Å². The second-order valence-corrected chi connectivity index (χ2v) is 5.06. The van der Waals surface area contributed by atoms with Gasteiger partial charge < -0.3 is 15.7 Å². The molecule has 0 spiro atoms. The summed E-state index contributed by atoms with van der Waals surface area (Å²) in [5, 5.41) is 18.2. The Kier molecular flexibility index (Phi) is 4.94. The fraction of sp³-hybridized carbons (Fsp3) is 0.154. The first-order chi connectivity index (χ1) is 10.1. The monoisotopic (exact) mass is 352 g/mol. The third-order valence-electron chi connectivity index (χ3n) is 2.65. The predicted octanol–water partition coefficient (Wildman–Crippen LogP) is 2.17. The first-order valence-electron chi connectivity index (χ1n) is 6.11. The molecule has 0 saturated carbocycles. The molecule has 2 amide bonds. The summed E-state index contributed by atoms with van der Waals surface area (Å²) < 4.78 is 2.36. The van der Waals surface area contributed by atoms with Gasteiger partial charge in [0.1, 0.15) is 0 Å². The fourth-order valence-electron chi connectivity index (χ4n) is 1.69. The lowest BCUT2D eigenvalue weighted by molar-refractivity contribution is 0.0698. The van der Waals surface area contributed by atoms with Crippen LogP contribution in [0.2, 0.25) is 0 Å². The third-order valence-corrected chi connectivity index (χ3v) is 3.14. The van der Waals surface area contributed by atoms with Gasteiger partial charge in [0.2, 0.25) is 0 Å². The van der Waals surface area contributed by atoms with Crippen molar-refractivity contribution in [2.45, 2.75) is 6.54 Å².